The fraction of sp³-hybridized carbons (Fsp3) is 0.278. The van der Waals surface area contributed by atoms with E-state index >= 15 is 0 Å². The summed E-state index contributed by atoms with van der Waals surface area (Å²) in [5, 5.41) is 2.73. The van der Waals surface area contributed by atoms with Gasteiger partial charge in [0.1, 0.15) is 17.2 Å². The summed E-state index contributed by atoms with van der Waals surface area (Å²) in [4.78, 5) is 28.8. The number of nitrogens with zero attached hydrogens (tertiary/aromatic N) is 1. The van der Waals surface area contributed by atoms with Crippen LogP contribution in [0.15, 0.2) is 36.4 Å². The molecule has 23 heavy (non-hydrogen) atoms. The van der Waals surface area contributed by atoms with Crippen molar-refractivity contribution in [3.63, 3.8) is 0 Å². The summed E-state index contributed by atoms with van der Waals surface area (Å²) in [6.07, 6.45) is 0.296. The van der Waals surface area contributed by atoms with E-state index in [9.17, 15) is 9.59 Å². The van der Waals surface area contributed by atoms with Crippen LogP contribution in [0.25, 0.3) is 0 Å². The molecule has 0 aliphatic carbocycles. The van der Waals surface area contributed by atoms with Crippen LogP contribution >= 0.6 is 0 Å². The second-order valence-corrected chi connectivity index (χ2v) is 6.29. The van der Waals surface area contributed by atoms with Crippen molar-refractivity contribution in [2.75, 3.05) is 5.32 Å². The van der Waals surface area contributed by atoms with Crippen LogP contribution in [0.4, 0.5) is 5.82 Å². The van der Waals surface area contributed by atoms with E-state index in [0.717, 1.165) is 5.69 Å². The normalized spacial score (nSPS) is 15.5. The number of amides is 1. The van der Waals surface area contributed by atoms with Gasteiger partial charge in [0.15, 0.2) is 5.78 Å². The van der Waals surface area contributed by atoms with Crippen LogP contribution < -0.4 is 10.1 Å². The molecule has 1 aromatic heterocycles. The number of hydrogen-bond acceptors (Lipinski definition) is 4. The number of hydrogen-bond donors (Lipinski definition) is 1. The Labute approximate surface area is 134 Å². The largest absolute Gasteiger partial charge is 0.487 e. The molecule has 5 heteroatoms. The summed E-state index contributed by atoms with van der Waals surface area (Å²) < 4.78 is 5.79. The van der Waals surface area contributed by atoms with E-state index in [1.165, 1.54) is 0 Å². The van der Waals surface area contributed by atoms with Crippen LogP contribution in [0.3, 0.4) is 0 Å². The minimum atomic E-state index is -0.515. The predicted octanol–water partition coefficient (Wildman–Crippen LogP) is 3.39. The number of ether oxygens (including phenoxy) is 1. The highest BCUT2D eigenvalue weighted by Gasteiger charge is 2.32. The maximum Gasteiger partial charge on any atom is 0.256 e. The zero-order valence-electron chi connectivity index (χ0n) is 13.3. The van der Waals surface area contributed by atoms with E-state index in [0.29, 0.717) is 29.1 Å². The fourth-order valence-corrected chi connectivity index (χ4v) is 2.59. The van der Waals surface area contributed by atoms with Crippen molar-refractivity contribution in [1.29, 1.82) is 0 Å². The van der Waals surface area contributed by atoms with E-state index in [1.54, 1.807) is 24.3 Å². The third-order valence-corrected chi connectivity index (χ3v) is 3.64. The van der Waals surface area contributed by atoms with E-state index in [1.807, 2.05) is 32.9 Å². The molecule has 1 amide bonds. The lowest BCUT2D eigenvalue weighted by molar-refractivity contribution is 0.0620. The number of anilines is 1. The Bertz CT molecular complexity index is 797. The first-order valence-electron chi connectivity index (χ1n) is 7.45. The van der Waals surface area contributed by atoms with Gasteiger partial charge in [-0.3, -0.25) is 9.59 Å². The van der Waals surface area contributed by atoms with Crippen molar-refractivity contribution < 1.29 is 14.3 Å². The number of benzene rings is 1. The smallest absolute Gasteiger partial charge is 0.256 e. The molecule has 118 valence electrons. The number of pyridine rings is 1. The van der Waals surface area contributed by atoms with Gasteiger partial charge >= 0.3 is 0 Å². The number of Topliss-reactive ketones (excluding diaryl/α,β-unsaturated/α-hetero) is 1. The Kier molecular flexibility index (Phi) is 3.64. The minimum absolute atomic E-state index is 0.0143. The van der Waals surface area contributed by atoms with Gasteiger partial charge in [-0.05, 0) is 51.1 Å². The van der Waals surface area contributed by atoms with Crippen LogP contribution in [0, 0.1) is 6.92 Å². The van der Waals surface area contributed by atoms with Crippen molar-refractivity contribution in [3.05, 3.63) is 53.2 Å². The first-order valence-corrected chi connectivity index (χ1v) is 7.45. The Morgan fingerprint density at radius 2 is 2.04 bits per heavy atom. The molecular weight excluding hydrogens is 292 g/mol. The first kappa shape index (κ1) is 15.2. The molecule has 1 aliphatic heterocycles. The second-order valence-electron chi connectivity index (χ2n) is 6.29. The van der Waals surface area contributed by atoms with Gasteiger partial charge < -0.3 is 10.1 Å². The molecule has 0 fully saturated rings. The Hall–Kier alpha value is -2.69. The van der Waals surface area contributed by atoms with Gasteiger partial charge in [0, 0.05) is 11.3 Å². The number of aryl methyl sites for hydroxylation is 1. The standard InChI is InChI=1S/C18H18N2O3/c1-11-5-4-6-16(19-11)20-17(22)12-7-8-15-13(9-12)14(21)10-18(2,3)23-15/h4-9H,10H2,1-3H3,(H,19,20,22). The maximum atomic E-state index is 12.3. The summed E-state index contributed by atoms with van der Waals surface area (Å²) in [7, 11) is 0. The van der Waals surface area contributed by atoms with Crippen LogP contribution in [0.2, 0.25) is 0 Å². The number of fused-ring (bicyclic) bond motifs is 1. The van der Waals surface area contributed by atoms with Gasteiger partial charge in [0.2, 0.25) is 0 Å². The lowest BCUT2D eigenvalue weighted by Gasteiger charge is -2.31. The number of carbonyl (C=O) groups excluding carboxylic acids is 2. The van der Waals surface area contributed by atoms with Gasteiger partial charge in [-0.2, -0.15) is 0 Å². The number of rotatable bonds is 2. The fourth-order valence-electron chi connectivity index (χ4n) is 2.59. The number of ketones is 1. The van der Waals surface area contributed by atoms with E-state index in [-0.39, 0.29) is 11.7 Å². The molecule has 0 saturated carbocycles. The van der Waals surface area contributed by atoms with Gasteiger partial charge in [-0.1, -0.05) is 6.07 Å². The molecule has 2 heterocycles. The average Bonchev–Trinajstić information content (AvgIpc) is 2.45. The van der Waals surface area contributed by atoms with Crippen molar-refractivity contribution in [3.8, 4) is 5.75 Å². The Balaban J connectivity index is 1.86. The minimum Gasteiger partial charge on any atom is -0.487 e. The monoisotopic (exact) mass is 310 g/mol. The molecule has 0 atom stereocenters. The van der Waals surface area contributed by atoms with Crippen molar-refractivity contribution >= 4 is 17.5 Å². The van der Waals surface area contributed by atoms with Crippen LogP contribution in [0.5, 0.6) is 5.75 Å². The highest BCUT2D eigenvalue weighted by molar-refractivity contribution is 6.07. The number of carbonyl (C=O) groups is 2. The lowest BCUT2D eigenvalue weighted by Crippen LogP contribution is -2.36. The van der Waals surface area contributed by atoms with E-state index < -0.39 is 5.60 Å². The number of aromatic nitrogens is 1. The molecule has 1 aromatic carbocycles. The molecule has 0 radical (unpaired) electrons. The summed E-state index contributed by atoms with van der Waals surface area (Å²) in [6, 6.07) is 10.3. The highest BCUT2D eigenvalue weighted by atomic mass is 16.5. The molecule has 2 aromatic rings. The summed E-state index contributed by atoms with van der Waals surface area (Å²) in [5.41, 5.74) is 1.16. The van der Waals surface area contributed by atoms with Crippen molar-refractivity contribution in [1.82, 2.24) is 4.98 Å². The molecule has 5 nitrogen and oxygen atoms in total. The Morgan fingerprint density at radius 3 is 2.78 bits per heavy atom. The summed E-state index contributed by atoms with van der Waals surface area (Å²) in [5.74, 6) is 0.691. The van der Waals surface area contributed by atoms with Crippen LogP contribution in [-0.2, 0) is 0 Å². The van der Waals surface area contributed by atoms with E-state index in [2.05, 4.69) is 10.3 Å². The third-order valence-electron chi connectivity index (χ3n) is 3.64. The first-order chi connectivity index (χ1) is 10.8. The van der Waals surface area contributed by atoms with Crippen molar-refractivity contribution in [2.45, 2.75) is 32.8 Å². The zero-order valence-corrected chi connectivity index (χ0v) is 13.3. The number of nitrogens with one attached hydrogen (secondary N) is 1. The zero-order chi connectivity index (χ0) is 16.6. The SMILES string of the molecule is Cc1cccc(NC(=O)c2ccc3c(c2)C(=O)CC(C)(C)O3)n1. The second kappa shape index (κ2) is 5.50. The predicted molar refractivity (Wildman–Crippen MR) is 87.0 cm³/mol. The van der Waals surface area contributed by atoms with Gasteiger partial charge in [0.05, 0.1) is 12.0 Å². The molecular formula is C18H18N2O3. The molecule has 1 aliphatic rings. The molecule has 0 spiro atoms. The highest BCUT2D eigenvalue weighted by Crippen LogP contribution is 2.33. The quantitative estimate of drug-likeness (QED) is 0.923. The van der Waals surface area contributed by atoms with Gasteiger partial charge in [-0.25, -0.2) is 4.98 Å². The van der Waals surface area contributed by atoms with Crippen molar-refractivity contribution in [2.24, 2.45) is 0 Å². The van der Waals surface area contributed by atoms with Crippen LogP contribution in [-0.4, -0.2) is 22.3 Å². The average molecular weight is 310 g/mol. The summed E-state index contributed by atoms with van der Waals surface area (Å²) in [6.45, 7) is 5.60. The Morgan fingerprint density at radius 1 is 1.26 bits per heavy atom. The molecule has 3 rings (SSSR count). The topological polar surface area (TPSA) is 68.3 Å². The maximum absolute atomic E-state index is 12.3. The van der Waals surface area contributed by atoms with Gasteiger partial charge in [-0.15, -0.1) is 0 Å². The summed E-state index contributed by atoms with van der Waals surface area (Å²) >= 11 is 0. The molecule has 0 unspecified atom stereocenters. The third kappa shape index (κ3) is 3.23. The molecule has 0 bridgehead atoms. The molecule has 0 saturated heterocycles. The van der Waals surface area contributed by atoms with Gasteiger partial charge in [0.25, 0.3) is 5.91 Å². The lowest BCUT2D eigenvalue weighted by atomic mass is 9.92. The van der Waals surface area contributed by atoms with E-state index in [4.69, 9.17) is 4.74 Å². The molecule has 1 N–H and O–H groups in total. The van der Waals surface area contributed by atoms with Crippen LogP contribution in [0.1, 0.15) is 46.7 Å².